The second-order valence-electron chi connectivity index (χ2n) is 7.37. The van der Waals surface area contributed by atoms with Gasteiger partial charge in [0.2, 0.25) is 10.0 Å². The molecule has 0 bridgehead atoms. The number of carboxylic acids is 1. The summed E-state index contributed by atoms with van der Waals surface area (Å²) in [4.78, 5) is 20.6. The number of carboxylic acid groups (broad SMARTS) is 1. The number of sulfonamides is 1. The third kappa shape index (κ3) is 5.10. The summed E-state index contributed by atoms with van der Waals surface area (Å²) in [6.45, 7) is 6.43. The number of carbonyl (C=O) groups is 1. The first-order valence-electron chi connectivity index (χ1n) is 9.59. The Hall–Kier alpha value is -1.87. The highest BCUT2D eigenvalue weighted by molar-refractivity contribution is 7.92. The fourth-order valence-corrected chi connectivity index (χ4v) is 4.53. The van der Waals surface area contributed by atoms with E-state index in [-0.39, 0.29) is 17.0 Å². The molecule has 0 amide bonds. The zero-order valence-corrected chi connectivity index (χ0v) is 16.5. The Kier molecular flexibility index (Phi) is 6.21. The first kappa shape index (κ1) is 19.9. The van der Waals surface area contributed by atoms with Gasteiger partial charge in [0, 0.05) is 19.6 Å². The van der Waals surface area contributed by atoms with Crippen molar-refractivity contribution >= 4 is 27.5 Å². The Balaban J connectivity index is 1.76. The van der Waals surface area contributed by atoms with E-state index in [1.54, 1.807) is 0 Å². The fraction of sp³-hybridized carbons (Fsp3) is 0.667. The predicted octanol–water partition coefficient (Wildman–Crippen LogP) is 1.85. The normalized spacial score (nSPS) is 21.4. The lowest BCUT2D eigenvalue weighted by molar-refractivity contribution is 0.0697. The van der Waals surface area contributed by atoms with Crippen molar-refractivity contribution < 1.29 is 18.3 Å². The summed E-state index contributed by atoms with van der Waals surface area (Å²) in [7, 11) is -3.48. The minimum Gasteiger partial charge on any atom is -0.478 e. The summed E-state index contributed by atoms with van der Waals surface area (Å²) >= 11 is 0. The Bertz CT molecular complexity index is 778. The van der Waals surface area contributed by atoms with Crippen LogP contribution in [0.5, 0.6) is 0 Å². The zero-order valence-electron chi connectivity index (χ0n) is 15.7. The number of piperidine rings is 1. The molecule has 1 aromatic rings. The summed E-state index contributed by atoms with van der Waals surface area (Å²) < 4.78 is 25.9. The summed E-state index contributed by atoms with van der Waals surface area (Å²) in [6.07, 6.45) is 6.07. The van der Waals surface area contributed by atoms with E-state index >= 15 is 0 Å². The van der Waals surface area contributed by atoms with Gasteiger partial charge in [-0.15, -0.1) is 0 Å². The van der Waals surface area contributed by atoms with Crippen LogP contribution in [0, 0.1) is 5.92 Å². The van der Waals surface area contributed by atoms with Crippen molar-refractivity contribution in [1.29, 1.82) is 0 Å². The van der Waals surface area contributed by atoms with E-state index < -0.39 is 16.0 Å². The van der Waals surface area contributed by atoms with Gasteiger partial charge in [-0.2, -0.15) is 0 Å². The maximum absolute atomic E-state index is 11.8. The Morgan fingerprint density at radius 3 is 2.70 bits per heavy atom. The van der Waals surface area contributed by atoms with Crippen LogP contribution in [0.3, 0.4) is 0 Å². The quantitative estimate of drug-likeness (QED) is 0.725. The molecule has 27 heavy (non-hydrogen) atoms. The van der Waals surface area contributed by atoms with Gasteiger partial charge in [-0.25, -0.2) is 18.2 Å². The molecule has 0 spiro atoms. The van der Waals surface area contributed by atoms with Crippen LogP contribution in [-0.2, 0) is 10.0 Å². The van der Waals surface area contributed by atoms with Crippen molar-refractivity contribution in [2.45, 2.75) is 32.6 Å². The summed E-state index contributed by atoms with van der Waals surface area (Å²) in [5.41, 5.74) is 0.219. The summed E-state index contributed by atoms with van der Waals surface area (Å²) in [5, 5.41) is 9.62. The van der Waals surface area contributed by atoms with Crippen molar-refractivity contribution in [2.75, 3.05) is 48.1 Å². The van der Waals surface area contributed by atoms with Gasteiger partial charge in [0.15, 0.2) is 0 Å². The van der Waals surface area contributed by atoms with E-state index in [0.717, 1.165) is 45.6 Å². The van der Waals surface area contributed by atoms with Crippen molar-refractivity contribution in [1.82, 2.24) is 9.88 Å². The molecule has 3 heterocycles. The lowest BCUT2D eigenvalue weighted by Crippen LogP contribution is -2.41. The van der Waals surface area contributed by atoms with E-state index in [0.29, 0.717) is 11.7 Å². The van der Waals surface area contributed by atoms with Crippen LogP contribution in [-0.4, -0.2) is 67.9 Å². The standard InChI is InChI=1S/C18H28N4O4S/c1-2-27(25,26)20-15-10-16(18(23)24)17(19-11-15)22-9-5-6-14(13-22)12-21-7-3-4-8-21/h10-11,14,20H,2-9,12-13H2,1H3,(H,23,24). The molecule has 1 atom stereocenters. The number of nitrogens with one attached hydrogen (secondary N) is 1. The van der Waals surface area contributed by atoms with Crippen molar-refractivity contribution in [3.05, 3.63) is 17.8 Å². The molecule has 1 aromatic heterocycles. The van der Waals surface area contributed by atoms with Crippen LogP contribution in [0.25, 0.3) is 0 Å². The van der Waals surface area contributed by atoms with E-state index in [2.05, 4.69) is 14.6 Å². The van der Waals surface area contributed by atoms with E-state index in [9.17, 15) is 18.3 Å². The van der Waals surface area contributed by atoms with Crippen molar-refractivity contribution in [3.63, 3.8) is 0 Å². The van der Waals surface area contributed by atoms with Gasteiger partial charge in [-0.05, 0) is 57.7 Å². The Morgan fingerprint density at radius 1 is 1.30 bits per heavy atom. The van der Waals surface area contributed by atoms with Gasteiger partial charge in [0.25, 0.3) is 0 Å². The molecule has 2 saturated heterocycles. The number of likely N-dealkylation sites (tertiary alicyclic amines) is 1. The molecule has 3 rings (SSSR count). The van der Waals surface area contributed by atoms with Gasteiger partial charge in [-0.1, -0.05) is 0 Å². The maximum atomic E-state index is 11.8. The van der Waals surface area contributed by atoms with Gasteiger partial charge in [-0.3, -0.25) is 4.72 Å². The predicted molar refractivity (Wildman–Crippen MR) is 105 cm³/mol. The molecule has 9 heteroatoms. The second kappa shape index (κ2) is 8.43. The number of nitrogens with zero attached hydrogens (tertiary/aromatic N) is 3. The highest BCUT2D eigenvalue weighted by Crippen LogP contribution is 2.28. The highest BCUT2D eigenvalue weighted by atomic mass is 32.2. The molecule has 0 saturated carbocycles. The first-order chi connectivity index (χ1) is 12.9. The van der Waals surface area contributed by atoms with Crippen LogP contribution in [0.1, 0.15) is 43.0 Å². The molecular weight excluding hydrogens is 368 g/mol. The average Bonchev–Trinajstić information content (AvgIpc) is 3.14. The van der Waals surface area contributed by atoms with Crippen LogP contribution < -0.4 is 9.62 Å². The highest BCUT2D eigenvalue weighted by Gasteiger charge is 2.27. The number of hydrogen-bond acceptors (Lipinski definition) is 6. The lowest BCUT2D eigenvalue weighted by Gasteiger charge is -2.36. The first-order valence-corrected chi connectivity index (χ1v) is 11.2. The number of pyridine rings is 1. The van der Waals surface area contributed by atoms with E-state index in [1.165, 1.54) is 32.0 Å². The number of aromatic nitrogens is 1. The van der Waals surface area contributed by atoms with E-state index in [4.69, 9.17) is 0 Å². The molecular formula is C18H28N4O4S. The smallest absolute Gasteiger partial charge is 0.339 e. The van der Waals surface area contributed by atoms with Gasteiger partial charge < -0.3 is 14.9 Å². The summed E-state index contributed by atoms with van der Waals surface area (Å²) in [6, 6.07) is 1.36. The number of aromatic carboxylic acids is 1. The number of anilines is 2. The molecule has 2 N–H and O–H groups in total. The third-order valence-corrected chi connectivity index (χ3v) is 6.59. The van der Waals surface area contributed by atoms with Crippen molar-refractivity contribution in [2.24, 2.45) is 5.92 Å². The van der Waals surface area contributed by atoms with Crippen molar-refractivity contribution in [3.8, 4) is 0 Å². The Morgan fingerprint density at radius 2 is 2.04 bits per heavy atom. The van der Waals surface area contributed by atoms with Gasteiger partial charge in [0.1, 0.15) is 11.4 Å². The molecule has 1 unspecified atom stereocenters. The van der Waals surface area contributed by atoms with Gasteiger partial charge >= 0.3 is 5.97 Å². The Labute approximate surface area is 160 Å². The van der Waals surface area contributed by atoms with Gasteiger partial charge in [0.05, 0.1) is 17.6 Å². The topological polar surface area (TPSA) is 103 Å². The second-order valence-corrected chi connectivity index (χ2v) is 9.38. The SMILES string of the molecule is CCS(=O)(=O)Nc1cnc(N2CCCC(CN3CCCC3)C2)c(C(=O)O)c1. The molecule has 0 aliphatic carbocycles. The van der Waals surface area contributed by atoms with Crippen LogP contribution >= 0.6 is 0 Å². The lowest BCUT2D eigenvalue weighted by atomic mass is 9.97. The van der Waals surface area contributed by atoms with Crippen LogP contribution in [0.15, 0.2) is 12.3 Å². The summed E-state index contributed by atoms with van der Waals surface area (Å²) in [5.74, 6) is -0.259. The minimum atomic E-state index is -3.48. The molecule has 8 nitrogen and oxygen atoms in total. The third-order valence-electron chi connectivity index (χ3n) is 5.28. The largest absolute Gasteiger partial charge is 0.478 e. The zero-order chi connectivity index (χ0) is 19.4. The molecule has 2 aliphatic rings. The maximum Gasteiger partial charge on any atom is 0.339 e. The number of hydrogen-bond donors (Lipinski definition) is 2. The minimum absolute atomic E-state index is 0.0353. The molecule has 0 aromatic carbocycles. The van der Waals surface area contributed by atoms with E-state index in [1.807, 2.05) is 4.90 Å². The molecule has 2 aliphatic heterocycles. The van der Waals surface area contributed by atoms with Crippen LogP contribution in [0.2, 0.25) is 0 Å². The molecule has 150 valence electrons. The van der Waals surface area contributed by atoms with Crippen LogP contribution in [0.4, 0.5) is 11.5 Å². The number of rotatable bonds is 7. The average molecular weight is 397 g/mol. The fourth-order valence-electron chi connectivity index (χ4n) is 3.91. The monoisotopic (exact) mass is 396 g/mol. The molecule has 2 fully saturated rings. The molecule has 0 radical (unpaired) electrons.